The van der Waals surface area contributed by atoms with Gasteiger partial charge >= 0.3 is 0 Å². The van der Waals surface area contributed by atoms with Crippen LogP contribution in [-0.4, -0.2) is 32.6 Å². The Morgan fingerprint density at radius 2 is 1.92 bits per heavy atom. The molecule has 0 N–H and O–H groups in total. The van der Waals surface area contributed by atoms with Gasteiger partial charge in [-0.3, -0.25) is 4.79 Å². The van der Waals surface area contributed by atoms with Crippen LogP contribution in [0.3, 0.4) is 0 Å². The molecular weight excluding hydrogens is 373 g/mol. The molecule has 128 valence electrons. The highest BCUT2D eigenvalue weighted by Crippen LogP contribution is 2.25. The van der Waals surface area contributed by atoms with Crippen molar-refractivity contribution in [3.63, 3.8) is 0 Å². The number of carbonyl (C=O) groups is 1. The number of halogens is 2. The standard InChI is InChI=1S/C16H15Cl2NO4S/c1-23-16-11(7-12(9-19-16)24(2,21)22)4-6-15(20)10-3-5-13(17)14(18)8-10/h3,5,7-9H,4,6H2,1-2H3. The molecule has 0 fully saturated rings. The number of methoxy groups -OCH3 is 1. The van der Waals surface area contributed by atoms with Crippen molar-refractivity contribution in [2.75, 3.05) is 13.4 Å². The van der Waals surface area contributed by atoms with Crippen LogP contribution < -0.4 is 4.74 Å². The number of hydrogen-bond acceptors (Lipinski definition) is 5. The number of sulfone groups is 1. The molecule has 1 heterocycles. The van der Waals surface area contributed by atoms with Gasteiger partial charge in [0.1, 0.15) is 0 Å². The lowest BCUT2D eigenvalue weighted by atomic mass is 10.0. The van der Waals surface area contributed by atoms with E-state index in [1.165, 1.54) is 25.4 Å². The van der Waals surface area contributed by atoms with Crippen LogP contribution in [0.1, 0.15) is 22.3 Å². The smallest absolute Gasteiger partial charge is 0.216 e. The summed E-state index contributed by atoms with van der Waals surface area (Å²) >= 11 is 11.7. The average molecular weight is 388 g/mol. The zero-order valence-electron chi connectivity index (χ0n) is 13.0. The zero-order valence-corrected chi connectivity index (χ0v) is 15.4. The summed E-state index contributed by atoms with van der Waals surface area (Å²) in [6, 6.07) is 6.14. The second kappa shape index (κ2) is 7.51. The number of hydrogen-bond donors (Lipinski definition) is 0. The van der Waals surface area contributed by atoms with Gasteiger partial charge in [0.05, 0.1) is 22.1 Å². The topological polar surface area (TPSA) is 73.3 Å². The Morgan fingerprint density at radius 3 is 2.50 bits per heavy atom. The van der Waals surface area contributed by atoms with Gasteiger partial charge in [0.25, 0.3) is 0 Å². The number of ketones is 1. The van der Waals surface area contributed by atoms with Crippen molar-refractivity contribution in [3.8, 4) is 5.88 Å². The largest absolute Gasteiger partial charge is 0.481 e. The van der Waals surface area contributed by atoms with Gasteiger partial charge in [0.15, 0.2) is 15.6 Å². The molecule has 0 saturated carbocycles. The van der Waals surface area contributed by atoms with Gasteiger partial charge < -0.3 is 4.74 Å². The van der Waals surface area contributed by atoms with Crippen molar-refractivity contribution in [1.82, 2.24) is 4.98 Å². The lowest BCUT2D eigenvalue weighted by molar-refractivity contribution is 0.0982. The fraction of sp³-hybridized carbons (Fsp3) is 0.250. The van der Waals surface area contributed by atoms with E-state index in [4.69, 9.17) is 27.9 Å². The third-order valence-corrected chi connectivity index (χ3v) is 5.20. The van der Waals surface area contributed by atoms with Crippen molar-refractivity contribution in [3.05, 3.63) is 51.6 Å². The maximum absolute atomic E-state index is 12.3. The molecule has 24 heavy (non-hydrogen) atoms. The van der Waals surface area contributed by atoms with Crippen LogP contribution in [0.4, 0.5) is 0 Å². The first-order chi connectivity index (χ1) is 11.2. The van der Waals surface area contributed by atoms with E-state index >= 15 is 0 Å². The predicted molar refractivity (Wildman–Crippen MR) is 93.0 cm³/mol. The zero-order chi connectivity index (χ0) is 17.9. The number of pyridine rings is 1. The van der Waals surface area contributed by atoms with Crippen LogP contribution >= 0.6 is 23.2 Å². The first-order valence-corrected chi connectivity index (χ1v) is 9.58. The lowest BCUT2D eigenvalue weighted by Gasteiger charge is -2.09. The minimum atomic E-state index is -3.39. The van der Waals surface area contributed by atoms with E-state index in [2.05, 4.69) is 4.98 Å². The lowest BCUT2D eigenvalue weighted by Crippen LogP contribution is -2.05. The number of ether oxygens (including phenoxy) is 1. The molecule has 8 heteroatoms. The number of Topliss-reactive ketones (excluding diaryl/α,β-unsaturated/α-hetero) is 1. The number of aromatic nitrogens is 1. The summed E-state index contributed by atoms with van der Waals surface area (Å²) in [6.45, 7) is 0. The quantitative estimate of drug-likeness (QED) is 0.707. The Labute approximate surface area is 150 Å². The van der Waals surface area contributed by atoms with Gasteiger partial charge in [-0.1, -0.05) is 23.2 Å². The van der Waals surface area contributed by atoms with Crippen molar-refractivity contribution in [2.24, 2.45) is 0 Å². The highest BCUT2D eigenvalue weighted by atomic mass is 35.5. The molecule has 0 atom stereocenters. The van der Waals surface area contributed by atoms with Crippen molar-refractivity contribution >= 4 is 38.8 Å². The molecule has 0 bridgehead atoms. The minimum absolute atomic E-state index is 0.0836. The van der Waals surface area contributed by atoms with Crippen molar-refractivity contribution in [2.45, 2.75) is 17.7 Å². The van der Waals surface area contributed by atoms with Crippen LogP contribution in [0.25, 0.3) is 0 Å². The highest BCUT2D eigenvalue weighted by molar-refractivity contribution is 7.90. The number of nitrogens with zero attached hydrogens (tertiary/aromatic N) is 1. The maximum atomic E-state index is 12.3. The van der Waals surface area contributed by atoms with E-state index < -0.39 is 9.84 Å². The second-order valence-electron chi connectivity index (χ2n) is 5.16. The molecule has 0 aliphatic rings. The van der Waals surface area contributed by atoms with Gasteiger partial charge in [-0.25, -0.2) is 13.4 Å². The summed E-state index contributed by atoms with van der Waals surface area (Å²) in [5, 5.41) is 0.681. The molecule has 0 amide bonds. The van der Waals surface area contributed by atoms with Gasteiger partial charge in [0, 0.05) is 30.0 Å². The van der Waals surface area contributed by atoms with E-state index in [1.807, 2.05) is 0 Å². The summed E-state index contributed by atoms with van der Waals surface area (Å²) in [6.07, 6.45) is 2.78. The first kappa shape index (κ1) is 18.7. The third-order valence-electron chi connectivity index (χ3n) is 3.38. The van der Waals surface area contributed by atoms with E-state index in [9.17, 15) is 13.2 Å². The maximum Gasteiger partial charge on any atom is 0.216 e. The summed E-state index contributed by atoms with van der Waals surface area (Å²) in [5.41, 5.74) is 0.990. The highest BCUT2D eigenvalue weighted by Gasteiger charge is 2.15. The van der Waals surface area contributed by atoms with Gasteiger partial charge in [-0.15, -0.1) is 0 Å². The third kappa shape index (κ3) is 4.47. The molecule has 0 aliphatic carbocycles. The molecule has 0 radical (unpaired) electrons. The molecule has 1 aromatic heterocycles. The van der Waals surface area contributed by atoms with Gasteiger partial charge in [-0.2, -0.15) is 0 Å². The van der Waals surface area contributed by atoms with Crippen LogP contribution in [0.5, 0.6) is 5.88 Å². The molecule has 2 rings (SSSR count). The van der Waals surface area contributed by atoms with E-state index in [0.29, 0.717) is 33.5 Å². The monoisotopic (exact) mass is 387 g/mol. The molecule has 0 spiro atoms. The molecule has 0 unspecified atom stereocenters. The van der Waals surface area contributed by atoms with Gasteiger partial charge in [-0.05, 0) is 30.7 Å². The Balaban J connectivity index is 2.21. The Morgan fingerprint density at radius 1 is 1.21 bits per heavy atom. The molecular formula is C16H15Cl2NO4S. The molecule has 2 aromatic rings. The molecule has 0 saturated heterocycles. The minimum Gasteiger partial charge on any atom is -0.481 e. The van der Waals surface area contributed by atoms with Crippen LogP contribution in [-0.2, 0) is 16.3 Å². The number of benzene rings is 1. The number of rotatable bonds is 6. The van der Waals surface area contributed by atoms with Crippen LogP contribution in [0.15, 0.2) is 35.4 Å². The fourth-order valence-electron chi connectivity index (χ4n) is 2.10. The normalized spacial score (nSPS) is 11.3. The number of carbonyl (C=O) groups excluding carboxylic acids is 1. The Bertz CT molecular complexity index is 882. The average Bonchev–Trinajstić information content (AvgIpc) is 2.54. The predicted octanol–water partition coefficient (Wildman–Crippen LogP) is 3.62. The molecule has 1 aromatic carbocycles. The van der Waals surface area contributed by atoms with Crippen LogP contribution in [0, 0.1) is 0 Å². The Hall–Kier alpha value is -1.63. The summed E-state index contributed by atoms with van der Waals surface area (Å²) < 4.78 is 28.4. The summed E-state index contributed by atoms with van der Waals surface area (Å²) in [4.78, 5) is 16.4. The van der Waals surface area contributed by atoms with Crippen LogP contribution in [0.2, 0.25) is 10.0 Å². The fourth-order valence-corrected chi connectivity index (χ4v) is 3.00. The second-order valence-corrected chi connectivity index (χ2v) is 7.99. The van der Waals surface area contributed by atoms with Crippen molar-refractivity contribution < 1.29 is 17.9 Å². The number of aryl methyl sites for hydroxylation is 1. The first-order valence-electron chi connectivity index (χ1n) is 6.93. The van der Waals surface area contributed by atoms with E-state index in [0.717, 1.165) is 6.26 Å². The molecule has 5 nitrogen and oxygen atoms in total. The van der Waals surface area contributed by atoms with E-state index in [1.54, 1.807) is 12.1 Å². The summed E-state index contributed by atoms with van der Waals surface area (Å²) in [5.74, 6) is 0.157. The van der Waals surface area contributed by atoms with Crippen molar-refractivity contribution in [1.29, 1.82) is 0 Å². The van der Waals surface area contributed by atoms with Gasteiger partial charge in [0.2, 0.25) is 5.88 Å². The molecule has 0 aliphatic heterocycles. The Kier molecular flexibility index (Phi) is 5.85. The van der Waals surface area contributed by atoms with E-state index in [-0.39, 0.29) is 17.1 Å². The SMILES string of the molecule is COc1ncc(S(C)(=O)=O)cc1CCC(=O)c1ccc(Cl)c(Cl)c1. The summed E-state index contributed by atoms with van der Waals surface area (Å²) in [7, 11) is -1.95.